The van der Waals surface area contributed by atoms with Crippen molar-refractivity contribution in [1.82, 2.24) is 0 Å². The zero-order valence-electron chi connectivity index (χ0n) is 7.97. The second-order valence-corrected chi connectivity index (χ2v) is 3.25. The van der Waals surface area contributed by atoms with Gasteiger partial charge in [-0.1, -0.05) is 19.9 Å². The molecule has 1 rings (SSSR count). The lowest BCUT2D eigenvalue weighted by Gasteiger charge is -2.08. The first-order chi connectivity index (χ1) is 6.52. The van der Waals surface area contributed by atoms with Crippen molar-refractivity contribution in [2.45, 2.75) is 13.8 Å². The van der Waals surface area contributed by atoms with Crippen molar-refractivity contribution in [2.75, 3.05) is 5.32 Å². The maximum Gasteiger partial charge on any atom is 0.227 e. The van der Waals surface area contributed by atoms with Gasteiger partial charge in [-0.05, 0) is 12.1 Å². The predicted molar refractivity (Wildman–Crippen MR) is 49.8 cm³/mol. The average Bonchev–Trinajstić information content (AvgIpc) is 2.12. The van der Waals surface area contributed by atoms with Crippen molar-refractivity contribution in [1.29, 1.82) is 0 Å². The van der Waals surface area contributed by atoms with Crippen LogP contribution >= 0.6 is 0 Å². The largest absolute Gasteiger partial charge is 0.323 e. The molecule has 0 aliphatic heterocycles. The first-order valence-electron chi connectivity index (χ1n) is 4.27. The highest BCUT2D eigenvalue weighted by Gasteiger charge is 2.12. The Bertz CT molecular complexity index is 350. The molecule has 14 heavy (non-hydrogen) atoms. The van der Waals surface area contributed by atoms with Crippen LogP contribution in [0.3, 0.4) is 0 Å². The number of halogens is 2. The molecule has 1 amide bonds. The molecular formula is C10H11F2NO. The van der Waals surface area contributed by atoms with E-state index in [2.05, 4.69) is 5.32 Å². The summed E-state index contributed by atoms with van der Waals surface area (Å²) in [4.78, 5) is 11.2. The molecule has 1 aromatic rings. The molecule has 0 aliphatic rings. The summed E-state index contributed by atoms with van der Waals surface area (Å²) < 4.78 is 25.7. The normalized spacial score (nSPS) is 10.4. The molecule has 4 heteroatoms. The third-order valence-corrected chi connectivity index (χ3v) is 1.73. The van der Waals surface area contributed by atoms with Gasteiger partial charge in [0.15, 0.2) is 11.6 Å². The molecule has 76 valence electrons. The van der Waals surface area contributed by atoms with Gasteiger partial charge < -0.3 is 5.32 Å². The van der Waals surface area contributed by atoms with Crippen LogP contribution in [0.4, 0.5) is 14.5 Å². The summed E-state index contributed by atoms with van der Waals surface area (Å²) in [6.07, 6.45) is 0. The number of hydrogen-bond donors (Lipinski definition) is 1. The summed E-state index contributed by atoms with van der Waals surface area (Å²) in [6.45, 7) is 3.35. The molecule has 0 saturated heterocycles. The topological polar surface area (TPSA) is 29.1 Å². The average molecular weight is 199 g/mol. The Hall–Kier alpha value is -1.45. The van der Waals surface area contributed by atoms with Crippen LogP contribution < -0.4 is 5.32 Å². The predicted octanol–water partition coefficient (Wildman–Crippen LogP) is 2.56. The van der Waals surface area contributed by atoms with E-state index in [0.29, 0.717) is 0 Å². The molecule has 0 heterocycles. The molecule has 0 atom stereocenters. The number of anilines is 1. The molecule has 0 bridgehead atoms. The van der Waals surface area contributed by atoms with E-state index in [1.807, 2.05) is 0 Å². The van der Waals surface area contributed by atoms with E-state index in [0.717, 1.165) is 6.07 Å². The summed E-state index contributed by atoms with van der Waals surface area (Å²) in [6, 6.07) is 3.66. The van der Waals surface area contributed by atoms with Crippen molar-refractivity contribution in [3.63, 3.8) is 0 Å². The van der Waals surface area contributed by atoms with Crippen LogP contribution in [0.2, 0.25) is 0 Å². The fraction of sp³-hybridized carbons (Fsp3) is 0.300. The van der Waals surface area contributed by atoms with E-state index in [9.17, 15) is 13.6 Å². The van der Waals surface area contributed by atoms with Crippen molar-refractivity contribution in [3.8, 4) is 0 Å². The number of carbonyl (C=O) groups is 1. The van der Waals surface area contributed by atoms with E-state index in [-0.39, 0.29) is 17.5 Å². The molecule has 2 nitrogen and oxygen atoms in total. The van der Waals surface area contributed by atoms with Crippen LogP contribution in [0.1, 0.15) is 13.8 Å². The number of nitrogens with one attached hydrogen (secondary N) is 1. The lowest BCUT2D eigenvalue weighted by molar-refractivity contribution is -0.118. The zero-order valence-corrected chi connectivity index (χ0v) is 7.97. The van der Waals surface area contributed by atoms with Crippen LogP contribution in [0.15, 0.2) is 18.2 Å². The molecule has 1 N–H and O–H groups in total. The van der Waals surface area contributed by atoms with Crippen LogP contribution in [0.5, 0.6) is 0 Å². The lowest BCUT2D eigenvalue weighted by atomic mass is 10.2. The number of amides is 1. The van der Waals surface area contributed by atoms with Gasteiger partial charge in [0.05, 0.1) is 5.69 Å². The van der Waals surface area contributed by atoms with Gasteiger partial charge in [-0.2, -0.15) is 0 Å². The van der Waals surface area contributed by atoms with Crippen molar-refractivity contribution >= 4 is 11.6 Å². The van der Waals surface area contributed by atoms with Crippen molar-refractivity contribution < 1.29 is 13.6 Å². The van der Waals surface area contributed by atoms with E-state index in [1.54, 1.807) is 13.8 Å². The molecule has 0 unspecified atom stereocenters. The van der Waals surface area contributed by atoms with E-state index < -0.39 is 11.6 Å². The fourth-order valence-electron chi connectivity index (χ4n) is 0.877. The van der Waals surface area contributed by atoms with Crippen molar-refractivity contribution in [2.24, 2.45) is 5.92 Å². The second kappa shape index (κ2) is 4.17. The maximum atomic E-state index is 13.0. The Morgan fingerprint density at radius 1 is 1.36 bits per heavy atom. The third kappa shape index (κ3) is 2.28. The molecule has 0 saturated carbocycles. The highest BCUT2D eigenvalue weighted by molar-refractivity contribution is 5.92. The first-order valence-corrected chi connectivity index (χ1v) is 4.27. The standard InChI is InChI=1S/C10H11F2NO/c1-6(2)10(14)13-8-5-3-4-7(11)9(8)12/h3-6H,1-2H3,(H,13,14). The minimum absolute atomic E-state index is 0.122. The van der Waals surface area contributed by atoms with E-state index >= 15 is 0 Å². The number of benzene rings is 1. The van der Waals surface area contributed by atoms with Gasteiger partial charge in [-0.15, -0.1) is 0 Å². The molecule has 0 fully saturated rings. The number of rotatable bonds is 2. The highest BCUT2D eigenvalue weighted by Crippen LogP contribution is 2.17. The number of carbonyl (C=O) groups excluding carboxylic acids is 1. The second-order valence-electron chi connectivity index (χ2n) is 3.25. The Labute approximate surface area is 80.9 Å². The van der Waals surface area contributed by atoms with Crippen LogP contribution in [-0.2, 0) is 4.79 Å². The molecule has 0 aliphatic carbocycles. The molecule has 1 aromatic carbocycles. The van der Waals surface area contributed by atoms with Gasteiger partial charge in [0, 0.05) is 5.92 Å². The monoisotopic (exact) mass is 199 g/mol. The Balaban J connectivity index is 2.87. The van der Waals surface area contributed by atoms with Gasteiger partial charge in [0.2, 0.25) is 5.91 Å². The summed E-state index contributed by atoms with van der Waals surface area (Å²) in [5, 5.41) is 2.30. The van der Waals surface area contributed by atoms with Gasteiger partial charge >= 0.3 is 0 Å². The number of hydrogen-bond acceptors (Lipinski definition) is 1. The molecule has 0 radical (unpaired) electrons. The molecule has 0 spiro atoms. The Morgan fingerprint density at radius 2 is 2.00 bits per heavy atom. The van der Waals surface area contributed by atoms with Crippen LogP contribution in [0.25, 0.3) is 0 Å². The Kier molecular flexibility index (Phi) is 3.17. The summed E-state index contributed by atoms with van der Waals surface area (Å²) >= 11 is 0. The zero-order chi connectivity index (χ0) is 10.7. The Morgan fingerprint density at radius 3 is 2.57 bits per heavy atom. The lowest BCUT2D eigenvalue weighted by Crippen LogP contribution is -2.18. The highest BCUT2D eigenvalue weighted by atomic mass is 19.2. The van der Waals surface area contributed by atoms with Crippen LogP contribution in [-0.4, -0.2) is 5.91 Å². The molecular weight excluding hydrogens is 188 g/mol. The first kappa shape index (κ1) is 10.6. The van der Waals surface area contributed by atoms with Gasteiger partial charge in [-0.3, -0.25) is 4.79 Å². The molecule has 0 aromatic heterocycles. The summed E-state index contributed by atoms with van der Waals surface area (Å²) in [5.74, 6) is -2.60. The van der Waals surface area contributed by atoms with Crippen LogP contribution in [0, 0.1) is 17.6 Å². The van der Waals surface area contributed by atoms with E-state index in [4.69, 9.17) is 0 Å². The SMILES string of the molecule is CC(C)C(=O)Nc1cccc(F)c1F. The van der Waals surface area contributed by atoms with Gasteiger partial charge in [0.25, 0.3) is 0 Å². The summed E-state index contributed by atoms with van der Waals surface area (Å²) in [7, 11) is 0. The maximum absolute atomic E-state index is 13.0. The summed E-state index contributed by atoms with van der Waals surface area (Å²) in [5.41, 5.74) is -0.122. The van der Waals surface area contributed by atoms with Gasteiger partial charge in [-0.25, -0.2) is 8.78 Å². The van der Waals surface area contributed by atoms with Crippen molar-refractivity contribution in [3.05, 3.63) is 29.8 Å². The third-order valence-electron chi connectivity index (χ3n) is 1.73. The minimum Gasteiger partial charge on any atom is -0.323 e. The minimum atomic E-state index is -1.03. The van der Waals surface area contributed by atoms with Gasteiger partial charge in [0.1, 0.15) is 0 Å². The fourth-order valence-corrected chi connectivity index (χ4v) is 0.877. The smallest absolute Gasteiger partial charge is 0.227 e. The quantitative estimate of drug-likeness (QED) is 0.779. The van der Waals surface area contributed by atoms with E-state index in [1.165, 1.54) is 12.1 Å².